The molecule has 3 aromatic carbocycles. The number of hydrogen-bond acceptors (Lipinski definition) is 4. The number of amides is 1. The molecule has 0 bridgehead atoms. The van der Waals surface area contributed by atoms with Crippen molar-refractivity contribution < 1.29 is 9.53 Å². The summed E-state index contributed by atoms with van der Waals surface area (Å²) in [4.78, 5) is 12.5. The zero-order valence-corrected chi connectivity index (χ0v) is 16.7. The van der Waals surface area contributed by atoms with Crippen LogP contribution in [0.3, 0.4) is 0 Å². The second-order valence-electron chi connectivity index (χ2n) is 6.59. The molecule has 1 amide bonds. The molecule has 0 unspecified atom stereocenters. The Bertz CT molecular complexity index is 1140. The van der Waals surface area contributed by atoms with Crippen molar-refractivity contribution in [1.82, 2.24) is 9.78 Å². The number of aromatic nitrogens is 2. The SMILES string of the molecule is Nc1c(NC(=O)Oc2ccccc2)c(-c2ccc(Cl)cc2)nn1Cc1ccccc1. The van der Waals surface area contributed by atoms with Gasteiger partial charge in [-0.15, -0.1) is 0 Å². The zero-order chi connectivity index (χ0) is 20.9. The van der Waals surface area contributed by atoms with E-state index in [0.717, 1.165) is 11.1 Å². The number of nitrogen functional groups attached to an aromatic ring is 1. The van der Waals surface area contributed by atoms with Crippen molar-refractivity contribution in [3.8, 4) is 17.0 Å². The summed E-state index contributed by atoms with van der Waals surface area (Å²) in [5.41, 5.74) is 9.09. The van der Waals surface area contributed by atoms with E-state index in [2.05, 4.69) is 10.4 Å². The molecule has 0 aliphatic rings. The van der Waals surface area contributed by atoms with E-state index in [9.17, 15) is 4.79 Å². The second-order valence-corrected chi connectivity index (χ2v) is 7.02. The summed E-state index contributed by atoms with van der Waals surface area (Å²) in [5.74, 6) is 0.757. The van der Waals surface area contributed by atoms with E-state index in [1.807, 2.05) is 48.5 Å². The highest BCUT2D eigenvalue weighted by atomic mass is 35.5. The average Bonchev–Trinajstić information content (AvgIpc) is 3.05. The Hall–Kier alpha value is -3.77. The third kappa shape index (κ3) is 4.45. The lowest BCUT2D eigenvalue weighted by Crippen LogP contribution is -2.18. The minimum atomic E-state index is -0.651. The van der Waals surface area contributed by atoms with Gasteiger partial charge in [-0.2, -0.15) is 5.10 Å². The van der Waals surface area contributed by atoms with Gasteiger partial charge in [0, 0.05) is 10.6 Å². The van der Waals surface area contributed by atoms with E-state index >= 15 is 0 Å². The molecule has 3 N–H and O–H groups in total. The molecule has 0 radical (unpaired) electrons. The summed E-state index contributed by atoms with van der Waals surface area (Å²) in [6.45, 7) is 0.461. The first-order valence-corrected chi connectivity index (χ1v) is 9.68. The molecule has 0 spiro atoms. The first-order valence-electron chi connectivity index (χ1n) is 9.30. The monoisotopic (exact) mass is 418 g/mol. The minimum Gasteiger partial charge on any atom is -0.410 e. The third-order valence-electron chi connectivity index (χ3n) is 4.47. The number of carbonyl (C=O) groups excluding carboxylic acids is 1. The average molecular weight is 419 g/mol. The molecule has 0 fully saturated rings. The van der Waals surface area contributed by atoms with Gasteiger partial charge in [-0.25, -0.2) is 9.48 Å². The number of nitrogens with two attached hydrogens (primary N) is 1. The maximum Gasteiger partial charge on any atom is 0.417 e. The van der Waals surface area contributed by atoms with Gasteiger partial charge in [0.2, 0.25) is 0 Å². The number of rotatable bonds is 5. The number of ether oxygens (including phenoxy) is 1. The van der Waals surface area contributed by atoms with Crippen LogP contribution in [0.5, 0.6) is 5.75 Å². The van der Waals surface area contributed by atoms with Crippen LogP contribution in [0.15, 0.2) is 84.9 Å². The van der Waals surface area contributed by atoms with Crippen LogP contribution in [0, 0.1) is 0 Å². The third-order valence-corrected chi connectivity index (χ3v) is 4.72. The van der Waals surface area contributed by atoms with E-state index in [-0.39, 0.29) is 0 Å². The molecule has 0 aliphatic heterocycles. The van der Waals surface area contributed by atoms with Gasteiger partial charge in [0.15, 0.2) is 0 Å². The molecule has 4 rings (SSSR count). The number of nitrogens with one attached hydrogen (secondary N) is 1. The van der Waals surface area contributed by atoms with Crippen LogP contribution in [0.2, 0.25) is 5.02 Å². The first-order chi connectivity index (χ1) is 14.6. The van der Waals surface area contributed by atoms with Crippen molar-refractivity contribution in [2.24, 2.45) is 0 Å². The fourth-order valence-electron chi connectivity index (χ4n) is 3.01. The molecule has 30 heavy (non-hydrogen) atoms. The first kappa shape index (κ1) is 19.5. The maximum atomic E-state index is 12.5. The molecule has 0 aliphatic carbocycles. The smallest absolute Gasteiger partial charge is 0.410 e. The molecular weight excluding hydrogens is 400 g/mol. The minimum absolute atomic E-state index is 0.328. The van der Waals surface area contributed by atoms with Gasteiger partial charge in [0.1, 0.15) is 22.9 Å². The van der Waals surface area contributed by atoms with Gasteiger partial charge in [-0.05, 0) is 29.8 Å². The summed E-state index contributed by atoms with van der Waals surface area (Å²) in [6, 6.07) is 25.8. The second kappa shape index (κ2) is 8.71. The van der Waals surface area contributed by atoms with Gasteiger partial charge in [-0.3, -0.25) is 5.32 Å². The summed E-state index contributed by atoms with van der Waals surface area (Å²) >= 11 is 6.02. The fraction of sp³-hybridized carbons (Fsp3) is 0.0435. The number of benzene rings is 3. The topological polar surface area (TPSA) is 82.2 Å². The van der Waals surface area contributed by atoms with Gasteiger partial charge < -0.3 is 10.5 Å². The zero-order valence-electron chi connectivity index (χ0n) is 16.0. The molecule has 0 saturated carbocycles. The Labute approximate surface area is 178 Å². The van der Waals surface area contributed by atoms with Crippen LogP contribution in [-0.4, -0.2) is 15.9 Å². The molecule has 0 atom stereocenters. The molecule has 150 valence electrons. The van der Waals surface area contributed by atoms with Crippen molar-refractivity contribution in [1.29, 1.82) is 0 Å². The van der Waals surface area contributed by atoms with E-state index in [0.29, 0.717) is 34.5 Å². The lowest BCUT2D eigenvalue weighted by molar-refractivity contribution is 0.215. The Kier molecular flexibility index (Phi) is 5.68. The number of carbonyl (C=O) groups is 1. The molecule has 0 saturated heterocycles. The van der Waals surface area contributed by atoms with Crippen molar-refractivity contribution in [3.05, 3.63) is 95.5 Å². The molecule has 7 heteroatoms. The predicted octanol–water partition coefficient (Wildman–Crippen LogP) is 5.44. The quantitative estimate of drug-likeness (QED) is 0.451. The summed E-state index contributed by atoms with van der Waals surface area (Å²) in [6.07, 6.45) is -0.651. The highest BCUT2D eigenvalue weighted by Gasteiger charge is 2.20. The van der Waals surface area contributed by atoms with E-state index in [4.69, 9.17) is 22.1 Å². The molecule has 1 heterocycles. The number of anilines is 2. The highest BCUT2D eigenvalue weighted by Crippen LogP contribution is 2.33. The van der Waals surface area contributed by atoms with Crippen molar-refractivity contribution in [3.63, 3.8) is 0 Å². The van der Waals surface area contributed by atoms with Gasteiger partial charge in [0.05, 0.1) is 6.54 Å². The standard InChI is InChI=1S/C23H19ClN4O2/c24-18-13-11-17(12-14-18)20-21(26-23(29)30-19-9-5-2-6-10-19)22(25)28(27-20)15-16-7-3-1-4-8-16/h1-14H,15,25H2,(H,26,29). The fourth-order valence-corrected chi connectivity index (χ4v) is 3.13. The van der Waals surface area contributed by atoms with E-state index < -0.39 is 6.09 Å². The number of hydrogen-bond donors (Lipinski definition) is 2. The summed E-state index contributed by atoms with van der Waals surface area (Å²) < 4.78 is 7.00. The summed E-state index contributed by atoms with van der Waals surface area (Å²) in [5, 5.41) is 7.99. The Balaban J connectivity index is 1.67. The van der Waals surface area contributed by atoms with Gasteiger partial charge >= 0.3 is 6.09 Å². The summed E-state index contributed by atoms with van der Waals surface area (Å²) in [7, 11) is 0. The Morgan fingerprint density at radius 3 is 2.27 bits per heavy atom. The largest absolute Gasteiger partial charge is 0.417 e. The van der Waals surface area contributed by atoms with Crippen LogP contribution in [0.1, 0.15) is 5.56 Å². The predicted molar refractivity (Wildman–Crippen MR) is 119 cm³/mol. The van der Waals surface area contributed by atoms with E-state index in [1.165, 1.54) is 0 Å². The number of para-hydroxylation sites is 1. The van der Waals surface area contributed by atoms with Gasteiger partial charge in [0.25, 0.3) is 0 Å². The normalized spacial score (nSPS) is 10.6. The van der Waals surface area contributed by atoms with Crippen molar-refractivity contribution in [2.45, 2.75) is 6.54 Å². The van der Waals surface area contributed by atoms with Crippen LogP contribution in [0.4, 0.5) is 16.3 Å². The maximum absolute atomic E-state index is 12.5. The Morgan fingerprint density at radius 1 is 0.967 bits per heavy atom. The molecule has 6 nitrogen and oxygen atoms in total. The lowest BCUT2D eigenvalue weighted by atomic mass is 10.1. The van der Waals surface area contributed by atoms with Crippen LogP contribution in [0.25, 0.3) is 11.3 Å². The number of halogens is 1. The number of nitrogens with zero attached hydrogens (tertiary/aromatic N) is 2. The van der Waals surface area contributed by atoms with Crippen molar-refractivity contribution in [2.75, 3.05) is 11.1 Å². The van der Waals surface area contributed by atoms with Crippen LogP contribution in [-0.2, 0) is 6.54 Å². The Morgan fingerprint density at radius 2 is 1.60 bits per heavy atom. The molecule has 4 aromatic rings. The molecule has 1 aromatic heterocycles. The lowest BCUT2D eigenvalue weighted by Gasteiger charge is -2.08. The van der Waals surface area contributed by atoms with Gasteiger partial charge in [-0.1, -0.05) is 72.3 Å². The van der Waals surface area contributed by atoms with Crippen LogP contribution >= 0.6 is 11.6 Å². The van der Waals surface area contributed by atoms with Crippen LogP contribution < -0.4 is 15.8 Å². The highest BCUT2D eigenvalue weighted by molar-refractivity contribution is 6.30. The molecular formula is C23H19ClN4O2. The van der Waals surface area contributed by atoms with E-state index in [1.54, 1.807) is 41.1 Å². The van der Waals surface area contributed by atoms with Crippen molar-refractivity contribution >= 4 is 29.2 Å².